The van der Waals surface area contributed by atoms with Crippen molar-refractivity contribution in [1.29, 1.82) is 0 Å². The average molecular weight is 367 g/mol. The van der Waals surface area contributed by atoms with Gasteiger partial charge in [-0.25, -0.2) is 0 Å². The topological polar surface area (TPSA) is 47.6 Å². The van der Waals surface area contributed by atoms with Crippen molar-refractivity contribution in [2.75, 3.05) is 19.4 Å². The van der Waals surface area contributed by atoms with Crippen molar-refractivity contribution in [3.8, 4) is 11.5 Å². The van der Waals surface area contributed by atoms with E-state index in [0.29, 0.717) is 18.7 Å². The van der Waals surface area contributed by atoms with Crippen LogP contribution < -0.4 is 14.8 Å². The number of carbonyl (C=O) groups excluding carboxylic acids is 1. The van der Waals surface area contributed by atoms with E-state index in [1.807, 2.05) is 30.3 Å². The van der Waals surface area contributed by atoms with E-state index >= 15 is 0 Å². The number of thioether (sulfide) groups is 1. The van der Waals surface area contributed by atoms with Crippen LogP contribution in [0.1, 0.15) is 5.56 Å². The van der Waals surface area contributed by atoms with Gasteiger partial charge in [0.25, 0.3) is 0 Å². The molecule has 0 aromatic heterocycles. The number of hydrogen-bond acceptors (Lipinski definition) is 4. The van der Waals surface area contributed by atoms with Crippen molar-refractivity contribution in [2.45, 2.75) is 17.9 Å². The SMILES string of the molecule is COc1cc(CCNC(=O)CSc2ccccc2)ccc1OC(F)F. The maximum Gasteiger partial charge on any atom is 0.387 e. The van der Waals surface area contributed by atoms with Crippen LogP contribution in [0.5, 0.6) is 11.5 Å². The number of hydrogen-bond donors (Lipinski definition) is 1. The molecule has 0 unspecified atom stereocenters. The van der Waals surface area contributed by atoms with Crippen LogP contribution in [-0.2, 0) is 11.2 Å². The number of nitrogens with one attached hydrogen (secondary N) is 1. The van der Waals surface area contributed by atoms with Crippen LogP contribution >= 0.6 is 11.8 Å². The van der Waals surface area contributed by atoms with E-state index in [9.17, 15) is 13.6 Å². The third-order valence-electron chi connectivity index (χ3n) is 3.29. The van der Waals surface area contributed by atoms with Crippen molar-refractivity contribution < 1.29 is 23.0 Å². The lowest BCUT2D eigenvalue weighted by molar-refractivity contribution is -0.118. The molecule has 0 aliphatic heterocycles. The average Bonchev–Trinajstić information content (AvgIpc) is 2.61. The van der Waals surface area contributed by atoms with E-state index in [1.54, 1.807) is 12.1 Å². The molecule has 134 valence electrons. The molecule has 0 aliphatic rings. The highest BCUT2D eigenvalue weighted by molar-refractivity contribution is 8.00. The predicted octanol–water partition coefficient (Wildman–Crippen LogP) is 3.75. The number of halogens is 2. The summed E-state index contributed by atoms with van der Waals surface area (Å²) >= 11 is 1.47. The lowest BCUT2D eigenvalue weighted by atomic mass is 10.1. The molecular formula is C18H19F2NO3S. The van der Waals surface area contributed by atoms with Crippen molar-refractivity contribution in [3.05, 3.63) is 54.1 Å². The molecular weight excluding hydrogens is 348 g/mol. The molecule has 7 heteroatoms. The van der Waals surface area contributed by atoms with Gasteiger partial charge in [-0.1, -0.05) is 24.3 Å². The molecule has 1 amide bonds. The quantitative estimate of drug-likeness (QED) is 0.686. The maximum atomic E-state index is 12.3. The molecule has 1 N–H and O–H groups in total. The molecule has 2 aromatic rings. The molecule has 0 atom stereocenters. The van der Waals surface area contributed by atoms with Gasteiger partial charge >= 0.3 is 6.61 Å². The molecule has 0 aliphatic carbocycles. The molecule has 0 saturated carbocycles. The van der Waals surface area contributed by atoms with Crippen LogP contribution in [0.25, 0.3) is 0 Å². The van der Waals surface area contributed by atoms with E-state index in [0.717, 1.165) is 10.5 Å². The number of ether oxygens (including phenoxy) is 2. The summed E-state index contributed by atoms with van der Waals surface area (Å²) in [6.07, 6.45) is 0.563. The van der Waals surface area contributed by atoms with Crippen LogP contribution in [0, 0.1) is 0 Å². The zero-order valence-corrected chi connectivity index (χ0v) is 14.5. The Morgan fingerprint density at radius 2 is 1.92 bits per heavy atom. The third-order valence-corrected chi connectivity index (χ3v) is 4.31. The van der Waals surface area contributed by atoms with Crippen molar-refractivity contribution >= 4 is 17.7 Å². The summed E-state index contributed by atoms with van der Waals surface area (Å²) in [6.45, 7) is -2.45. The van der Waals surface area contributed by atoms with Gasteiger partial charge in [0.2, 0.25) is 5.91 Å². The van der Waals surface area contributed by atoms with Crippen molar-refractivity contribution in [3.63, 3.8) is 0 Å². The van der Waals surface area contributed by atoms with Gasteiger partial charge in [0.05, 0.1) is 12.9 Å². The van der Waals surface area contributed by atoms with Gasteiger partial charge in [-0.3, -0.25) is 4.79 Å². The fourth-order valence-corrected chi connectivity index (χ4v) is 2.87. The summed E-state index contributed by atoms with van der Waals surface area (Å²) in [5.41, 5.74) is 0.856. The molecule has 0 fully saturated rings. The molecule has 2 rings (SSSR count). The minimum Gasteiger partial charge on any atom is -0.493 e. The second-order valence-corrected chi connectivity index (χ2v) is 6.11. The number of rotatable bonds is 9. The van der Waals surface area contributed by atoms with Crippen molar-refractivity contribution in [2.24, 2.45) is 0 Å². The summed E-state index contributed by atoms with van der Waals surface area (Å²) in [5, 5.41) is 2.83. The van der Waals surface area contributed by atoms with E-state index in [4.69, 9.17) is 4.74 Å². The summed E-state index contributed by atoms with van der Waals surface area (Å²) in [7, 11) is 1.39. The lowest BCUT2D eigenvalue weighted by Gasteiger charge is -2.11. The summed E-state index contributed by atoms with van der Waals surface area (Å²) in [6, 6.07) is 14.4. The molecule has 0 bridgehead atoms. The van der Waals surface area contributed by atoms with E-state index in [1.165, 1.54) is 24.9 Å². The predicted molar refractivity (Wildman–Crippen MR) is 93.5 cm³/mol. The first-order chi connectivity index (χ1) is 12.1. The maximum absolute atomic E-state index is 12.3. The number of amides is 1. The van der Waals surface area contributed by atoms with E-state index < -0.39 is 6.61 Å². The van der Waals surface area contributed by atoms with Crippen LogP contribution in [0.3, 0.4) is 0 Å². The van der Waals surface area contributed by atoms with Gasteiger partial charge in [-0.15, -0.1) is 11.8 Å². The molecule has 0 heterocycles. The Hall–Kier alpha value is -2.28. The van der Waals surface area contributed by atoms with Gasteiger partial charge in [-0.05, 0) is 36.2 Å². The normalized spacial score (nSPS) is 10.6. The molecule has 0 saturated heterocycles. The zero-order chi connectivity index (χ0) is 18.1. The summed E-state index contributed by atoms with van der Waals surface area (Å²) in [4.78, 5) is 12.9. The number of carbonyl (C=O) groups is 1. The highest BCUT2D eigenvalue weighted by atomic mass is 32.2. The Kier molecular flexibility index (Phi) is 7.53. The molecule has 4 nitrogen and oxygen atoms in total. The van der Waals surface area contributed by atoms with Crippen molar-refractivity contribution in [1.82, 2.24) is 5.32 Å². The van der Waals surface area contributed by atoms with Crippen LogP contribution in [0.4, 0.5) is 8.78 Å². The number of alkyl halides is 2. The minimum atomic E-state index is -2.90. The largest absolute Gasteiger partial charge is 0.493 e. The highest BCUT2D eigenvalue weighted by Crippen LogP contribution is 2.29. The van der Waals surface area contributed by atoms with Gasteiger partial charge in [0, 0.05) is 11.4 Å². The first-order valence-electron chi connectivity index (χ1n) is 7.64. The zero-order valence-electron chi connectivity index (χ0n) is 13.7. The Morgan fingerprint density at radius 1 is 1.16 bits per heavy atom. The molecule has 0 spiro atoms. The van der Waals surface area contributed by atoms with Gasteiger partial charge in [0.1, 0.15) is 0 Å². The van der Waals surface area contributed by atoms with E-state index in [2.05, 4.69) is 10.1 Å². The number of benzene rings is 2. The van der Waals surface area contributed by atoms with Gasteiger partial charge in [-0.2, -0.15) is 8.78 Å². The fraction of sp³-hybridized carbons (Fsp3) is 0.278. The highest BCUT2D eigenvalue weighted by Gasteiger charge is 2.11. The Morgan fingerprint density at radius 3 is 2.60 bits per heavy atom. The monoisotopic (exact) mass is 367 g/mol. The second kappa shape index (κ2) is 9.88. The lowest BCUT2D eigenvalue weighted by Crippen LogP contribution is -2.27. The molecule has 0 radical (unpaired) electrons. The Bertz CT molecular complexity index is 683. The van der Waals surface area contributed by atoms with Crippen LogP contribution in [0.2, 0.25) is 0 Å². The Labute approximate surface area is 149 Å². The number of methoxy groups -OCH3 is 1. The summed E-state index contributed by atoms with van der Waals surface area (Å²) in [5.74, 6) is 0.515. The first-order valence-corrected chi connectivity index (χ1v) is 8.63. The first kappa shape index (κ1) is 19.1. The molecule has 25 heavy (non-hydrogen) atoms. The standard InChI is InChI=1S/C18H19F2NO3S/c1-23-16-11-13(7-8-15(16)24-18(19)20)9-10-21-17(22)12-25-14-5-3-2-4-6-14/h2-8,11,18H,9-10,12H2,1H3,(H,21,22). The Balaban J connectivity index is 1.78. The summed E-state index contributed by atoms with van der Waals surface area (Å²) < 4.78 is 34.0. The minimum absolute atomic E-state index is 0.00968. The molecule has 2 aromatic carbocycles. The fourth-order valence-electron chi connectivity index (χ4n) is 2.12. The second-order valence-electron chi connectivity index (χ2n) is 5.07. The smallest absolute Gasteiger partial charge is 0.387 e. The van der Waals surface area contributed by atoms with Gasteiger partial charge in [0.15, 0.2) is 11.5 Å². The van der Waals surface area contributed by atoms with Crippen LogP contribution in [0.15, 0.2) is 53.4 Å². The van der Waals surface area contributed by atoms with Crippen LogP contribution in [-0.4, -0.2) is 31.9 Å². The van der Waals surface area contributed by atoms with Gasteiger partial charge < -0.3 is 14.8 Å². The third kappa shape index (κ3) is 6.62. The van der Waals surface area contributed by atoms with E-state index in [-0.39, 0.29) is 17.4 Å².